The van der Waals surface area contributed by atoms with Gasteiger partial charge in [-0.05, 0) is 32.4 Å². The van der Waals surface area contributed by atoms with Gasteiger partial charge in [-0.3, -0.25) is 0 Å². The van der Waals surface area contributed by atoms with Crippen molar-refractivity contribution in [1.82, 2.24) is 0 Å². The van der Waals surface area contributed by atoms with E-state index >= 15 is 0 Å². The molecule has 102 valence electrons. The molecule has 0 spiro atoms. The number of ether oxygens (including phenoxy) is 1. The van der Waals surface area contributed by atoms with Gasteiger partial charge < -0.3 is 9.04 Å². The van der Waals surface area contributed by atoms with Crippen LogP contribution in [0.5, 0.6) is 5.75 Å². The third-order valence-corrected chi connectivity index (χ3v) is 5.16. The molecule has 0 saturated carbocycles. The number of nitrogens with zero attached hydrogens (tertiary/aromatic N) is 2. The molecule has 0 N–H and O–H groups in total. The van der Waals surface area contributed by atoms with Gasteiger partial charge in [0.05, 0.1) is 23.7 Å². The molecule has 1 heterocycles. The summed E-state index contributed by atoms with van der Waals surface area (Å²) in [6.07, 6.45) is 0.802. The average Bonchev–Trinajstić information content (AvgIpc) is 2.37. The number of nitriles is 1. The number of benzene rings is 1. The van der Waals surface area contributed by atoms with Crippen LogP contribution < -0.4 is 9.04 Å². The maximum Gasteiger partial charge on any atom is 0.144 e. The first kappa shape index (κ1) is 14.8. The first-order chi connectivity index (χ1) is 8.96. The maximum absolute atomic E-state index is 9.16. The van der Waals surface area contributed by atoms with Crippen LogP contribution in [-0.4, -0.2) is 12.6 Å². The Morgan fingerprint density at radius 1 is 1.58 bits per heavy atom. The van der Waals surface area contributed by atoms with Crippen molar-refractivity contribution < 1.29 is 4.74 Å². The lowest BCUT2D eigenvalue weighted by atomic mass is 9.88. The number of halogens is 1. The Hall–Kier alpha value is -0.610. The maximum atomic E-state index is 9.16. The van der Waals surface area contributed by atoms with Gasteiger partial charge >= 0.3 is 0 Å². The quantitative estimate of drug-likeness (QED) is 0.564. The topological polar surface area (TPSA) is 36.3 Å². The van der Waals surface area contributed by atoms with E-state index in [1.807, 2.05) is 26.0 Å². The molecule has 0 bridgehead atoms. The summed E-state index contributed by atoms with van der Waals surface area (Å²) in [5, 5.41) is 9.16. The highest BCUT2D eigenvalue weighted by atomic mass is 127. The van der Waals surface area contributed by atoms with Crippen molar-refractivity contribution >= 4 is 36.0 Å². The lowest BCUT2D eigenvalue weighted by Crippen LogP contribution is -2.38. The van der Waals surface area contributed by atoms with E-state index in [9.17, 15) is 0 Å². The van der Waals surface area contributed by atoms with Crippen molar-refractivity contribution in [2.45, 2.75) is 33.3 Å². The normalized spacial score (nSPS) is 18.5. The predicted molar refractivity (Wildman–Crippen MR) is 88.6 cm³/mol. The average molecular weight is 388 g/mol. The van der Waals surface area contributed by atoms with Gasteiger partial charge in [0.25, 0.3) is 0 Å². The second kappa shape index (κ2) is 5.80. The molecule has 0 aromatic heterocycles. The highest BCUT2D eigenvalue weighted by Crippen LogP contribution is 2.42. The summed E-state index contributed by atoms with van der Waals surface area (Å²) in [4.78, 5) is 0. The first-order valence-corrected chi connectivity index (χ1v) is 9.52. The molecule has 5 heteroatoms. The summed E-state index contributed by atoms with van der Waals surface area (Å²) < 4.78 is 8.33. The summed E-state index contributed by atoms with van der Waals surface area (Å²) in [6.45, 7) is 6.84. The van der Waals surface area contributed by atoms with Gasteiger partial charge in [0.1, 0.15) is 11.9 Å². The number of hydrogen-bond acceptors (Lipinski definition) is 4. The molecule has 1 aromatic carbocycles. The van der Waals surface area contributed by atoms with E-state index in [1.165, 1.54) is 5.56 Å². The fourth-order valence-corrected chi connectivity index (χ4v) is 3.92. The van der Waals surface area contributed by atoms with E-state index in [4.69, 9.17) is 10.00 Å². The largest absolute Gasteiger partial charge is 0.486 e. The molecule has 2 rings (SSSR count). The molecule has 0 amide bonds. The van der Waals surface area contributed by atoms with Gasteiger partial charge in [0.15, 0.2) is 0 Å². The molecule has 3 nitrogen and oxygen atoms in total. The summed E-state index contributed by atoms with van der Waals surface area (Å²) in [5.41, 5.74) is 2.03. The number of anilines is 1. The lowest BCUT2D eigenvalue weighted by molar-refractivity contribution is 0.157. The summed E-state index contributed by atoms with van der Waals surface area (Å²) in [6, 6.07) is 8.47. The van der Waals surface area contributed by atoms with E-state index in [2.05, 4.69) is 44.6 Å². The second-order valence-electron chi connectivity index (χ2n) is 5.49. The van der Waals surface area contributed by atoms with Gasteiger partial charge in [-0.15, -0.1) is 0 Å². The zero-order valence-corrected chi connectivity index (χ0v) is 14.3. The third kappa shape index (κ3) is 3.29. The third-order valence-electron chi connectivity index (χ3n) is 3.24. The fourth-order valence-electron chi connectivity index (χ4n) is 2.32. The Kier molecular flexibility index (Phi) is 4.51. The minimum atomic E-state index is -0.354. The highest BCUT2D eigenvalue weighted by molar-refractivity contribution is 14.2. The Morgan fingerprint density at radius 3 is 2.95 bits per heavy atom. The van der Waals surface area contributed by atoms with Crippen LogP contribution >= 0.6 is 30.3 Å². The summed E-state index contributed by atoms with van der Waals surface area (Å²) in [5.74, 6) is 0.925. The van der Waals surface area contributed by atoms with Crippen molar-refractivity contribution in [2.24, 2.45) is 5.41 Å². The molecule has 1 aromatic rings. The molecular formula is C14H17IN2OS. The van der Waals surface area contributed by atoms with E-state index < -0.39 is 0 Å². The minimum Gasteiger partial charge on any atom is -0.486 e. The van der Waals surface area contributed by atoms with Gasteiger partial charge in [0, 0.05) is 36.7 Å². The number of fused-ring (bicyclic) bond motifs is 1. The van der Waals surface area contributed by atoms with E-state index in [0.717, 1.165) is 24.4 Å². The molecule has 0 saturated heterocycles. The van der Waals surface area contributed by atoms with Crippen molar-refractivity contribution in [3.05, 3.63) is 23.8 Å². The number of rotatable bonds is 3. The molecule has 0 aliphatic carbocycles. The molecule has 1 aliphatic rings. The monoisotopic (exact) mass is 388 g/mol. The fraction of sp³-hybridized carbons (Fsp3) is 0.500. The van der Waals surface area contributed by atoms with Crippen LogP contribution in [0.15, 0.2) is 18.2 Å². The molecule has 19 heavy (non-hydrogen) atoms. The Labute approximate surface area is 131 Å². The first-order valence-electron chi connectivity index (χ1n) is 6.20. The van der Waals surface area contributed by atoms with Crippen molar-refractivity contribution in [3.63, 3.8) is 0 Å². The van der Waals surface area contributed by atoms with E-state index in [0.29, 0.717) is 0 Å². The standard InChI is InChI=1S/C14H17IN2OS/c1-10-5-4-6-12-13(10)17(19-15)8-11(18-12)7-14(2,3)9-16/h4-6,11H,7-8H2,1-3H3. The zero-order chi connectivity index (χ0) is 14.0. The minimum absolute atomic E-state index is 0.0613. The number of hydrogen-bond donors (Lipinski definition) is 0. The van der Waals surface area contributed by atoms with E-state index in [-0.39, 0.29) is 11.5 Å². The summed E-state index contributed by atoms with van der Waals surface area (Å²) in [7, 11) is 1.68. The Balaban J connectivity index is 2.26. The summed E-state index contributed by atoms with van der Waals surface area (Å²) >= 11 is 2.30. The van der Waals surface area contributed by atoms with Crippen molar-refractivity contribution in [1.29, 1.82) is 5.26 Å². The van der Waals surface area contributed by atoms with E-state index in [1.54, 1.807) is 9.12 Å². The highest BCUT2D eigenvalue weighted by Gasteiger charge is 2.31. The Morgan fingerprint density at radius 2 is 2.32 bits per heavy atom. The van der Waals surface area contributed by atoms with Gasteiger partial charge in [-0.1, -0.05) is 12.1 Å². The van der Waals surface area contributed by atoms with Gasteiger partial charge in [0.2, 0.25) is 0 Å². The molecule has 1 aliphatic heterocycles. The second-order valence-corrected chi connectivity index (χ2v) is 7.25. The van der Waals surface area contributed by atoms with Crippen LogP contribution in [0.25, 0.3) is 0 Å². The SMILES string of the molecule is Cc1cccc2c1N(SI)CC(CC(C)(C)C#N)O2. The smallest absolute Gasteiger partial charge is 0.144 e. The van der Waals surface area contributed by atoms with Crippen LogP contribution in [0, 0.1) is 23.7 Å². The van der Waals surface area contributed by atoms with Crippen LogP contribution in [0.1, 0.15) is 25.8 Å². The lowest BCUT2D eigenvalue weighted by Gasteiger charge is -2.36. The number of para-hydroxylation sites is 1. The zero-order valence-electron chi connectivity index (χ0n) is 11.3. The van der Waals surface area contributed by atoms with Crippen LogP contribution in [-0.2, 0) is 0 Å². The number of aryl methyl sites for hydroxylation is 1. The predicted octanol–water partition coefficient (Wildman–Crippen LogP) is 4.50. The Bertz CT molecular complexity index is 513. The van der Waals surface area contributed by atoms with Crippen LogP contribution in [0.2, 0.25) is 0 Å². The van der Waals surface area contributed by atoms with Crippen molar-refractivity contribution in [3.8, 4) is 11.8 Å². The van der Waals surface area contributed by atoms with Crippen LogP contribution in [0.4, 0.5) is 5.69 Å². The van der Waals surface area contributed by atoms with Crippen LogP contribution in [0.3, 0.4) is 0 Å². The van der Waals surface area contributed by atoms with Gasteiger partial charge in [-0.25, -0.2) is 0 Å². The molecule has 0 fully saturated rings. The molecule has 0 radical (unpaired) electrons. The van der Waals surface area contributed by atoms with Gasteiger partial charge in [-0.2, -0.15) is 5.26 Å². The molecular weight excluding hydrogens is 371 g/mol. The molecule has 1 unspecified atom stereocenters. The van der Waals surface area contributed by atoms with Crippen molar-refractivity contribution in [2.75, 3.05) is 10.8 Å². The molecule has 1 atom stereocenters.